The Morgan fingerprint density at radius 2 is 1.62 bits per heavy atom. The molecule has 9 nitrogen and oxygen atoms in total. The van der Waals surface area contributed by atoms with E-state index in [0.717, 1.165) is 24.0 Å². The Morgan fingerprint density at radius 3 is 2.22 bits per heavy atom. The first-order chi connectivity index (χ1) is 17.9. The van der Waals surface area contributed by atoms with Gasteiger partial charge in [-0.2, -0.15) is 0 Å². The molecular weight excluding hydrogens is 498 g/mol. The molecule has 0 unspecified atom stereocenters. The van der Waals surface area contributed by atoms with Crippen molar-refractivity contribution >= 4 is 9.84 Å². The first kappa shape index (κ1) is 28.6. The molecule has 0 radical (unpaired) electrons. The predicted octanol–water partition coefficient (Wildman–Crippen LogP) is 3.80. The topological polar surface area (TPSA) is 116 Å². The molecule has 2 atom stereocenters. The zero-order chi connectivity index (χ0) is 26.8. The first-order valence-corrected chi connectivity index (χ1v) is 13.7. The van der Waals surface area contributed by atoms with E-state index in [2.05, 4.69) is 11.8 Å². The molecule has 1 aliphatic rings. The van der Waals surface area contributed by atoms with Gasteiger partial charge in [-0.1, -0.05) is 24.8 Å². The van der Waals surface area contributed by atoms with Crippen LogP contribution in [0.2, 0.25) is 0 Å². The lowest BCUT2D eigenvalue weighted by molar-refractivity contribution is 0.0436. The van der Waals surface area contributed by atoms with Gasteiger partial charge in [0.15, 0.2) is 17.4 Å². The Balaban J connectivity index is 1.85. The van der Waals surface area contributed by atoms with Crippen molar-refractivity contribution in [3.05, 3.63) is 41.5 Å². The minimum absolute atomic E-state index is 0.0243. The van der Waals surface area contributed by atoms with Gasteiger partial charge in [-0.25, -0.2) is 8.42 Å². The van der Waals surface area contributed by atoms with E-state index < -0.39 is 15.8 Å². The molecule has 1 fully saturated rings. The second kappa shape index (κ2) is 13.5. The lowest BCUT2D eigenvalue weighted by Crippen LogP contribution is -2.13. The molecule has 10 heteroatoms. The van der Waals surface area contributed by atoms with Crippen LogP contribution in [0, 0.1) is 11.8 Å². The van der Waals surface area contributed by atoms with E-state index in [1.54, 1.807) is 33.5 Å². The molecule has 0 amide bonds. The summed E-state index contributed by atoms with van der Waals surface area (Å²) in [5, 5.41) is 0. The monoisotopic (exact) mass is 533 g/mol. The van der Waals surface area contributed by atoms with E-state index in [1.807, 2.05) is 25.1 Å². The Hall–Kier alpha value is -2.97. The quantitative estimate of drug-likeness (QED) is 0.321. The Bertz CT molecular complexity index is 1190. The Morgan fingerprint density at radius 1 is 0.946 bits per heavy atom. The van der Waals surface area contributed by atoms with E-state index >= 15 is 0 Å². The number of methoxy groups -OCH3 is 3. The maximum Gasteiger partial charge on any atom is 0.206 e. The van der Waals surface area contributed by atoms with Crippen LogP contribution >= 0.6 is 0 Å². The van der Waals surface area contributed by atoms with Crippen molar-refractivity contribution < 1.29 is 36.8 Å². The van der Waals surface area contributed by atoms with Crippen LogP contribution < -0.4 is 24.7 Å². The van der Waals surface area contributed by atoms with Crippen molar-refractivity contribution in [2.24, 2.45) is 5.73 Å². The normalized spacial score (nSPS) is 17.1. The summed E-state index contributed by atoms with van der Waals surface area (Å²) in [6.07, 6.45) is 1.67. The molecular formula is C27H35NO8S. The molecule has 0 spiro atoms. The third kappa shape index (κ3) is 7.08. The average molecular weight is 534 g/mol. The van der Waals surface area contributed by atoms with Crippen molar-refractivity contribution in [1.29, 1.82) is 0 Å². The van der Waals surface area contributed by atoms with Gasteiger partial charge in [0.1, 0.15) is 17.3 Å². The second-order valence-electron chi connectivity index (χ2n) is 8.34. The molecule has 202 valence electrons. The van der Waals surface area contributed by atoms with Gasteiger partial charge in [0.2, 0.25) is 15.6 Å². The lowest BCUT2D eigenvalue weighted by Gasteiger charge is -2.19. The fourth-order valence-corrected chi connectivity index (χ4v) is 5.28. The molecule has 0 aliphatic carbocycles. The molecule has 37 heavy (non-hydrogen) atoms. The van der Waals surface area contributed by atoms with E-state index in [-0.39, 0.29) is 30.3 Å². The van der Waals surface area contributed by atoms with Gasteiger partial charge in [0.25, 0.3) is 0 Å². The van der Waals surface area contributed by atoms with E-state index in [0.29, 0.717) is 36.0 Å². The van der Waals surface area contributed by atoms with Crippen LogP contribution in [0.25, 0.3) is 0 Å². The number of rotatable bonds is 12. The van der Waals surface area contributed by atoms with Crippen LogP contribution in [0.1, 0.15) is 49.5 Å². The average Bonchev–Trinajstić information content (AvgIpc) is 3.41. The summed E-state index contributed by atoms with van der Waals surface area (Å²) < 4.78 is 60.0. The maximum atomic E-state index is 13.1. The third-order valence-corrected chi connectivity index (χ3v) is 7.32. The molecule has 0 bridgehead atoms. The Labute approximate surface area is 219 Å². The van der Waals surface area contributed by atoms with Crippen LogP contribution in [0.5, 0.6) is 23.0 Å². The predicted molar refractivity (Wildman–Crippen MR) is 139 cm³/mol. The SMILES string of the molecule is CCCOc1ccc([C@@H]2CC[C@@H](c3cc(OC)c(OC)c(OC)c3)O2)cc1S(=O)(=O)COCC#CCN. The van der Waals surface area contributed by atoms with E-state index in [1.165, 1.54) is 0 Å². The zero-order valence-electron chi connectivity index (χ0n) is 21.7. The summed E-state index contributed by atoms with van der Waals surface area (Å²) in [5.74, 6) is 6.69. The van der Waals surface area contributed by atoms with Crippen LogP contribution in [0.3, 0.4) is 0 Å². The van der Waals surface area contributed by atoms with E-state index in [4.69, 9.17) is 34.2 Å². The molecule has 1 aliphatic heterocycles. The van der Waals surface area contributed by atoms with Gasteiger partial charge in [0, 0.05) is 0 Å². The summed E-state index contributed by atoms with van der Waals surface area (Å²) in [6.45, 7) is 2.51. The van der Waals surface area contributed by atoms with Gasteiger partial charge in [0.05, 0.1) is 46.7 Å². The highest BCUT2D eigenvalue weighted by Gasteiger charge is 2.31. The first-order valence-electron chi connectivity index (χ1n) is 12.1. The molecule has 2 aromatic carbocycles. The van der Waals surface area contributed by atoms with Crippen molar-refractivity contribution in [1.82, 2.24) is 0 Å². The summed E-state index contributed by atoms with van der Waals surface area (Å²) in [5.41, 5.74) is 6.96. The Kier molecular flexibility index (Phi) is 10.5. The molecule has 3 rings (SSSR count). The fraction of sp³-hybridized carbons (Fsp3) is 0.481. The molecule has 0 saturated carbocycles. The number of hydrogen-bond donors (Lipinski definition) is 1. The van der Waals surface area contributed by atoms with Crippen LogP contribution in [0.4, 0.5) is 0 Å². The van der Waals surface area contributed by atoms with Crippen LogP contribution in [0.15, 0.2) is 35.2 Å². The standard InChI is InChI=1S/C27H35NO8S/c1-5-13-35-23-9-8-19(17-26(23)37(29,30)18-34-14-7-6-12-28)21-10-11-22(36-21)20-15-24(31-2)27(33-4)25(16-20)32-3/h8-9,15-17,21-22H,5,10-14,18,28H2,1-4H3/t21-,22-/m0/s1. The molecule has 2 N–H and O–H groups in total. The fourth-order valence-electron chi connectivity index (χ4n) is 4.10. The number of benzene rings is 2. The minimum atomic E-state index is -3.80. The van der Waals surface area contributed by atoms with Gasteiger partial charge < -0.3 is 34.2 Å². The summed E-state index contributed by atoms with van der Waals surface area (Å²) in [6, 6.07) is 8.90. The van der Waals surface area contributed by atoms with Gasteiger partial charge in [-0.05, 0) is 54.7 Å². The van der Waals surface area contributed by atoms with Crippen molar-refractivity contribution in [3.63, 3.8) is 0 Å². The number of ether oxygens (including phenoxy) is 6. The summed E-state index contributed by atoms with van der Waals surface area (Å²) >= 11 is 0. The number of hydrogen-bond acceptors (Lipinski definition) is 9. The van der Waals surface area contributed by atoms with Gasteiger partial charge in [-0.15, -0.1) is 0 Å². The van der Waals surface area contributed by atoms with Gasteiger partial charge in [-0.3, -0.25) is 0 Å². The molecule has 2 aromatic rings. The highest BCUT2D eigenvalue weighted by atomic mass is 32.2. The largest absolute Gasteiger partial charge is 0.493 e. The smallest absolute Gasteiger partial charge is 0.206 e. The highest BCUT2D eigenvalue weighted by molar-refractivity contribution is 7.91. The van der Waals surface area contributed by atoms with Crippen LogP contribution in [-0.2, 0) is 19.3 Å². The van der Waals surface area contributed by atoms with Crippen molar-refractivity contribution in [2.45, 2.75) is 43.3 Å². The third-order valence-electron chi connectivity index (χ3n) is 5.85. The number of sulfone groups is 1. The molecule has 1 heterocycles. The zero-order valence-corrected chi connectivity index (χ0v) is 22.6. The van der Waals surface area contributed by atoms with Crippen molar-refractivity contribution in [3.8, 4) is 34.8 Å². The van der Waals surface area contributed by atoms with E-state index in [9.17, 15) is 8.42 Å². The minimum Gasteiger partial charge on any atom is -0.493 e. The van der Waals surface area contributed by atoms with Crippen LogP contribution in [-0.4, -0.2) is 55.4 Å². The summed E-state index contributed by atoms with van der Waals surface area (Å²) in [4.78, 5) is 0.0741. The lowest BCUT2D eigenvalue weighted by atomic mass is 10.0. The highest BCUT2D eigenvalue weighted by Crippen LogP contribution is 2.46. The summed E-state index contributed by atoms with van der Waals surface area (Å²) in [7, 11) is 0.890. The molecule has 0 aromatic heterocycles. The second-order valence-corrected chi connectivity index (χ2v) is 10.2. The van der Waals surface area contributed by atoms with Gasteiger partial charge >= 0.3 is 0 Å². The van der Waals surface area contributed by atoms with Crippen molar-refractivity contribution in [2.75, 3.05) is 47.0 Å². The maximum absolute atomic E-state index is 13.1. The number of nitrogens with two attached hydrogens (primary N) is 1. The molecule has 1 saturated heterocycles.